The van der Waals surface area contributed by atoms with Crippen LogP contribution < -0.4 is 0 Å². The topological polar surface area (TPSA) is 17.1 Å². The highest BCUT2D eigenvalue weighted by atomic mass is 16.1. The first kappa shape index (κ1) is 12.3. The SMILES string of the molecule is CC(=O)c1ccc(C/C=C/c2ccccc2)cc1. The Morgan fingerprint density at radius 2 is 1.67 bits per heavy atom. The molecular weight excluding hydrogens is 220 g/mol. The second-order valence-electron chi connectivity index (χ2n) is 4.27. The molecule has 0 fully saturated rings. The van der Waals surface area contributed by atoms with Gasteiger partial charge in [-0.3, -0.25) is 4.79 Å². The zero-order valence-corrected chi connectivity index (χ0v) is 10.5. The zero-order chi connectivity index (χ0) is 12.8. The molecule has 2 aromatic carbocycles. The lowest BCUT2D eigenvalue weighted by atomic mass is 10.1. The van der Waals surface area contributed by atoms with E-state index >= 15 is 0 Å². The van der Waals surface area contributed by atoms with Crippen LogP contribution >= 0.6 is 0 Å². The van der Waals surface area contributed by atoms with Gasteiger partial charge in [0.05, 0.1) is 0 Å². The summed E-state index contributed by atoms with van der Waals surface area (Å²) in [6.07, 6.45) is 5.13. The van der Waals surface area contributed by atoms with E-state index in [0.29, 0.717) is 0 Å². The first-order valence-electron chi connectivity index (χ1n) is 6.07. The maximum atomic E-state index is 11.1. The van der Waals surface area contributed by atoms with Crippen molar-refractivity contribution < 1.29 is 4.79 Å². The molecule has 2 rings (SSSR count). The lowest BCUT2D eigenvalue weighted by Gasteiger charge is -1.99. The molecule has 0 unspecified atom stereocenters. The molecule has 0 bridgehead atoms. The summed E-state index contributed by atoms with van der Waals surface area (Å²) >= 11 is 0. The maximum Gasteiger partial charge on any atom is 0.159 e. The lowest BCUT2D eigenvalue weighted by molar-refractivity contribution is 0.101. The fraction of sp³-hybridized carbons (Fsp3) is 0.118. The summed E-state index contributed by atoms with van der Waals surface area (Å²) in [7, 11) is 0. The van der Waals surface area contributed by atoms with E-state index in [1.54, 1.807) is 6.92 Å². The summed E-state index contributed by atoms with van der Waals surface area (Å²) in [6.45, 7) is 1.59. The fourth-order valence-corrected chi connectivity index (χ4v) is 1.77. The number of allylic oxidation sites excluding steroid dienone is 1. The summed E-state index contributed by atoms with van der Waals surface area (Å²) < 4.78 is 0. The summed E-state index contributed by atoms with van der Waals surface area (Å²) in [5.41, 5.74) is 3.19. The van der Waals surface area contributed by atoms with Crippen molar-refractivity contribution in [3.8, 4) is 0 Å². The average molecular weight is 236 g/mol. The van der Waals surface area contributed by atoms with Crippen molar-refractivity contribution in [3.05, 3.63) is 77.4 Å². The monoisotopic (exact) mass is 236 g/mol. The van der Waals surface area contributed by atoms with Crippen LogP contribution in [0, 0.1) is 0 Å². The minimum absolute atomic E-state index is 0.112. The Bertz CT molecular complexity index is 536. The first-order valence-corrected chi connectivity index (χ1v) is 6.07. The van der Waals surface area contributed by atoms with Gasteiger partial charge < -0.3 is 0 Å². The fourth-order valence-electron chi connectivity index (χ4n) is 1.77. The van der Waals surface area contributed by atoms with Crippen LogP contribution in [0.2, 0.25) is 0 Å². The molecule has 2 aromatic rings. The maximum absolute atomic E-state index is 11.1. The van der Waals surface area contributed by atoms with Gasteiger partial charge in [-0.05, 0) is 24.5 Å². The minimum atomic E-state index is 0.112. The van der Waals surface area contributed by atoms with Crippen LogP contribution in [0.5, 0.6) is 0 Å². The van der Waals surface area contributed by atoms with E-state index < -0.39 is 0 Å². The normalized spacial score (nSPS) is 10.7. The highest BCUT2D eigenvalue weighted by molar-refractivity contribution is 5.94. The van der Waals surface area contributed by atoms with E-state index in [4.69, 9.17) is 0 Å². The standard InChI is InChI=1S/C17H16O/c1-14(18)17-12-10-16(11-13-17)9-5-8-15-6-3-2-4-7-15/h2-8,10-13H,9H2,1H3/b8-5+. The van der Waals surface area contributed by atoms with Gasteiger partial charge in [-0.1, -0.05) is 66.7 Å². The van der Waals surface area contributed by atoms with Crippen molar-refractivity contribution in [2.75, 3.05) is 0 Å². The highest BCUT2D eigenvalue weighted by Crippen LogP contribution is 2.08. The number of hydrogen-bond acceptors (Lipinski definition) is 1. The molecule has 0 aliphatic heterocycles. The van der Waals surface area contributed by atoms with Crippen LogP contribution in [0.15, 0.2) is 60.7 Å². The van der Waals surface area contributed by atoms with Crippen LogP contribution in [0.25, 0.3) is 6.08 Å². The smallest absolute Gasteiger partial charge is 0.159 e. The molecule has 18 heavy (non-hydrogen) atoms. The summed E-state index contributed by atoms with van der Waals surface area (Å²) in [4.78, 5) is 11.1. The van der Waals surface area contributed by atoms with Crippen LogP contribution in [0.1, 0.15) is 28.4 Å². The Morgan fingerprint density at radius 3 is 2.28 bits per heavy atom. The van der Waals surface area contributed by atoms with E-state index in [1.165, 1.54) is 11.1 Å². The van der Waals surface area contributed by atoms with Gasteiger partial charge in [0, 0.05) is 5.56 Å². The van der Waals surface area contributed by atoms with Gasteiger partial charge in [0.15, 0.2) is 5.78 Å². The molecule has 0 aromatic heterocycles. The molecule has 1 nitrogen and oxygen atoms in total. The summed E-state index contributed by atoms with van der Waals surface area (Å²) in [5, 5.41) is 0. The van der Waals surface area contributed by atoms with Crippen LogP contribution in [0.3, 0.4) is 0 Å². The molecule has 1 heteroatoms. The van der Waals surface area contributed by atoms with Crippen molar-refractivity contribution in [3.63, 3.8) is 0 Å². The Hall–Kier alpha value is -2.15. The highest BCUT2D eigenvalue weighted by Gasteiger charge is 1.97. The van der Waals surface area contributed by atoms with E-state index in [9.17, 15) is 4.79 Å². The van der Waals surface area contributed by atoms with Gasteiger partial charge in [0.25, 0.3) is 0 Å². The third-order valence-corrected chi connectivity index (χ3v) is 2.82. The number of ketones is 1. The summed E-state index contributed by atoms with van der Waals surface area (Å²) in [5.74, 6) is 0.112. The lowest BCUT2D eigenvalue weighted by Crippen LogP contribution is -1.91. The number of carbonyl (C=O) groups is 1. The van der Waals surface area contributed by atoms with Crippen molar-refractivity contribution in [1.82, 2.24) is 0 Å². The average Bonchev–Trinajstić information content (AvgIpc) is 2.40. The number of benzene rings is 2. The number of carbonyl (C=O) groups excluding carboxylic acids is 1. The van der Waals surface area contributed by atoms with Gasteiger partial charge in [0.1, 0.15) is 0 Å². The summed E-state index contributed by atoms with van der Waals surface area (Å²) in [6, 6.07) is 18.0. The van der Waals surface area contributed by atoms with Crippen LogP contribution in [-0.4, -0.2) is 5.78 Å². The predicted molar refractivity (Wildman–Crippen MR) is 75.6 cm³/mol. The Kier molecular flexibility index (Phi) is 4.08. The van der Waals surface area contributed by atoms with Gasteiger partial charge in [-0.15, -0.1) is 0 Å². The quantitative estimate of drug-likeness (QED) is 0.729. The molecule has 0 N–H and O–H groups in total. The largest absolute Gasteiger partial charge is 0.295 e. The van der Waals surface area contributed by atoms with Gasteiger partial charge >= 0.3 is 0 Å². The van der Waals surface area contributed by atoms with E-state index in [1.807, 2.05) is 42.5 Å². The van der Waals surface area contributed by atoms with Crippen molar-refractivity contribution in [2.24, 2.45) is 0 Å². The molecule has 0 aliphatic rings. The van der Waals surface area contributed by atoms with Gasteiger partial charge in [-0.2, -0.15) is 0 Å². The minimum Gasteiger partial charge on any atom is -0.295 e. The third kappa shape index (κ3) is 3.42. The Balaban J connectivity index is 1.98. The molecule has 0 saturated carbocycles. The van der Waals surface area contributed by atoms with Crippen molar-refractivity contribution in [1.29, 1.82) is 0 Å². The molecular formula is C17H16O. The predicted octanol–water partition coefficient (Wildman–Crippen LogP) is 4.15. The first-order chi connectivity index (χ1) is 8.75. The Labute approximate surface area is 108 Å². The zero-order valence-electron chi connectivity index (χ0n) is 10.5. The molecule has 0 spiro atoms. The van der Waals surface area contributed by atoms with Crippen LogP contribution in [-0.2, 0) is 6.42 Å². The second-order valence-corrected chi connectivity index (χ2v) is 4.27. The van der Waals surface area contributed by atoms with Crippen molar-refractivity contribution in [2.45, 2.75) is 13.3 Å². The van der Waals surface area contributed by atoms with Crippen molar-refractivity contribution >= 4 is 11.9 Å². The number of hydrogen-bond donors (Lipinski definition) is 0. The van der Waals surface area contributed by atoms with Crippen LogP contribution in [0.4, 0.5) is 0 Å². The number of Topliss-reactive ketones (excluding diaryl/α,β-unsaturated/α-hetero) is 1. The Morgan fingerprint density at radius 1 is 1.00 bits per heavy atom. The van der Waals surface area contributed by atoms with E-state index in [0.717, 1.165) is 12.0 Å². The van der Waals surface area contributed by atoms with E-state index in [2.05, 4.69) is 24.3 Å². The van der Waals surface area contributed by atoms with Gasteiger partial charge in [0.2, 0.25) is 0 Å². The molecule has 0 amide bonds. The third-order valence-electron chi connectivity index (χ3n) is 2.82. The molecule has 0 aliphatic carbocycles. The number of rotatable bonds is 4. The van der Waals surface area contributed by atoms with Gasteiger partial charge in [-0.25, -0.2) is 0 Å². The molecule has 90 valence electrons. The second kappa shape index (κ2) is 5.97. The molecule has 0 atom stereocenters. The molecule has 0 saturated heterocycles. The van der Waals surface area contributed by atoms with E-state index in [-0.39, 0.29) is 5.78 Å². The molecule has 0 heterocycles. The molecule has 0 radical (unpaired) electrons.